The highest BCUT2D eigenvalue weighted by Gasteiger charge is 2.11. The second-order valence-electron chi connectivity index (χ2n) is 6.27. The van der Waals surface area contributed by atoms with Crippen LogP contribution in [-0.2, 0) is 11.2 Å². The molecule has 0 radical (unpaired) electrons. The molecule has 0 fully saturated rings. The fraction of sp³-hybridized carbons (Fsp3) is 0.409. The fourth-order valence-corrected chi connectivity index (χ4v) is 3.02. The first-order chi connectivity index (χ1) is 11.8. The highest BCUT2D eigenvalue weighted by Crippen LogP contribution is 2.31. The van der Waals surface area contributed by atoms with Gasteiger partial charge in [-0.15, -0.1) is 0 Å². The zero-order chi connectivity index (χ0) is 17.2. The van der Waals surface area contributed by atoms with Gasteiger partial charge in [-0.3, -0.25) is 0 Å². The van der Waals surface area contributed by atoms with Crippen LogP contribution in [0.4, 0.5) is 0 Å². The van der Waals surface area contributed by atoms with Crippen LogP contribution in [0.3, 0.4) is 0 Å². The van der Waals surface area contributed by atoms with E-state index in [4.69, 9.17) is 4.74 Å². The number of carbonyl (C=O) groups is 1. The highest BCUT2D eigenvalue weighted by molar-refractivity contribution is 5.93. The topological polar surface area (TPSA) is 26.3 Å². The molecule has 2 rings (SSSR count). The molecule has 0 N–H and O–H groups in total. The average molecular weight is 324 g/mol. The summed E-state index contributed by atoms with van der Waals surface area (Å²) in [5.74, 6) is 0.302. The van der Waals surface area contributed by atoms with Crippen molar-refractivity contribution < 1.29 is 9.53 Å². The van der Waals surface area contributed by atoms with Crippen LogP contribution in [0.5, 0.6) is 5.75 Å². The predicted molar refractivity (Wildman–Crippen MR) is 101 cm³/mol. The molecule has 0 amide bonds. The first-order valence-electron chi connectivity index (χ1n) is 9.11. The summed E-state index contributed by atoms with van der Waals surface area (Å²) in [6, 6.07) is 12.2. The van der Waals surface area contributed by atoms with E-state index in [9.17, 15) is 4.79 Å². The van der Waals surface area contributed by atoms with Crippen LogP contribution in [0.25, 0.3) is 10.8 Å². The van der Waals surface area contributed by atoms with E-state index < -0.39 is 5.97 Å². The smallest absolute Gasteiger partial charge is 0.335 e. The maximum Gasteiger partial charge on any atom is 0.335 e. The van der Waals surface area contributed by atoms with E-state index in [-0.39, 0.29) is 0 Å². The zero-order valence-electron chi connectivity index (χ0n) is 14.7. The van der Waals surface area contributed by atoms with E-state index in [0.29, 0.717) is 5.75 Å². The molecule has 2 aromatic carbocycles. The lowest BCUT2D eigenvalue weighted by molar-refractivity contribution is -0.128. The maximum atomic E-state index is 11.7. The average Bonchev–Trinajstić information content (AvgIpc) is 2.62. The van der Waals surface area contributed by atoms with Crippen LogP contribution < -0.4 is 4.74 Å². The van der Waals surface area contributed by atoms with Crippen molar-refractivity contribution in [1.82, 2.24) is 0 Å². The summed E-state index contributed by atoms with van der Waals surface area (Å²) < 4.78 is 5.56. The summed E-state index contributed by atoms with van der Waals surface area (Å²) >= 11 is 0. The fourth-order valence-electron chi connectivity index (χ4n) is 3.02. The molecular formula is C22H28O2. The van der Waals surface area contributed by atoms with E-state index >= 15 is 0 Å². The molecule has 0 aliphatic rings. The Morgan fingerprint density at radius 3 is 2.46 bits per heavy atom. The van der Waals surface area contributed by atoms with Crippen molar-refractivity contribution in [2.75, 3.05) is 0 Å². The number of ether oxygens (including phenoxy) is 1. The van der Waals surface area contributed by atoms with E-state index in [1.54, 1.807) is 0 Å². The van der Waals surface area contributed by atoms with Crippen LogP contribution in [0.15, 0.2) is 49.1 Å². The quantitative estimate of drug-likeness (QED) is 0.224. The van der Waals surface area contributed by atoms with Crippen molar-refractivity contribution in [3.05, 3.63) is 54.6 Å². The Labute approximate surface area is 145 Å². The number of benzene rings is 2. The van der Waals surface area contributed by atoms with Gasteiger partial charge < -0.3 is 4.74 Å². The third-order valence-corrected chi connectivity index (χ3v) is 4.38. The van der Waals surface area contributed by atoms with E-state index in [0.717, 1.165) is 29.2 Å². The number of esters is 1. The maximum absolute atomic E-state index is 11.7. The minimum Gasteiger partial charge on any atom is -0.422 e. The van der Waals surface area contributed by atoms with Gasteiger partial charge in [-0.1, -0.05) is 88.4 Å². The second-order valence-corrected chi connectivity index (χ2v) is 6.27. The van der Waals surface area contributed by atoms with Gasteiger partial charge in [-0.2, -0.15) is 0 Å². The van der Waals surface area contributed by atoms with Gasteiger partial charge >= 0.3 is 5.97 Å². The molecule has 0 aliphatic carbocycles. The molecule has 0 atom stereocenters. The Kier molecular flexibility index (Phi) is 7.54. The largest absolute Gasteiger partial charge is 0.422 e. The van der Waals surface area contributed by atoms with E-state index in [1.807, 2.05) is 24.3 Å². The summed E-state index contributed by atoms with van der Waals surface area (Å²) in [6.45, 7) is 5.74. The third-order valence-electron chi connectivity index (χ3n) is 4.38. The van der Waals surface area contributed by atoms with Crippen LogP contribution in [-0.4, -0.2) is 5.97 Å². The number of hydrogen-bond donors (Lipinski definition) is 0. The van der Waals surface area contributed by atoms with Crippen molar-refractivity contribution in [2.45, 2.75) is 58.3 Å². The molecule has 0 bridgehead atoms. The second kappa shape index (κ2) is 9.92. The molecule has 0 spiro atoms. The van der Waals surface area contributed by atoms with Gasteiger partial charge in [-0.05, 0) is 23.8 Å². The minimum absolute atomic E-state index is 0.396. The van der Waals surface area contributed by atoms with Gasteiger partial charge in [0.15, 0.2) is 0 Å². The lowest BCUT2D eigenvalue weighted by Gasteiger charge is -2.12. The van der Waals surface area contributed by atoms with Crippen molar-refractivity contribution in [3.8, 4) is 5.75 Å². The molecule has 2 nitrogen and oxygen atoms in total. The summed E-state index contributed by atoms with van der Waals surface area (Å²) in [5, 5.41) is 2.08. The molecule has 0 aliphatic heterocycles. The molecule has 24 heavy (non-hydrogen) atoms. The van der Waals surface area contributed by atoms with Crippen molar-refractivity contribution in [1.29, 1.82) is 0 Å². The number of rotatable bonds is 10. The molecule has 2 heteroatoms. The molecule has 0 aromatic heterocycles. The Bertz CT molecular complexity index is 673. The van der Waals surface area contributed by atoms with E-state index in [1.165, 1.54) is 44.6 Å². The lowest BCUT2D eigenvalue weighted by atomic mass is 10.00. The number of fused-ring (bicyclic) bond motifs is 1. The summed E-state index contributed by atoms with van der Waals surface area (Å²) in [6.07, 6.45) is 11.1. The Hall–Kier alpha value is -2.09. The Balaban J connectivity index is 2.04. The SMILES string of the molecule is C=CC(=O)Oc1c(CCCCCCCCC)ccc2ccccc12. The molecular weight excluding hydrogens is 296 g/mol. The first-order valence-corrected chi connectivity index (χ1v) is 9.11. The van der Waals surface area contributed by atoms with Crippen molar-refractivity contribution in [2.24, 2.45) is 0 Å². The third kappa shape index (κ3) is 5.23. The summed E-state index contributed by atoms with van der Waals surface area (Å²) in [4.78, 5) is 11.7. The van der Waals surface area contributed by atoms with Gasteiger partial charge in [0.1, 0.15) is 5.75 Å². The zero-order valence-corrected chi connectivity index (χ0v) is 14.7. The molecule has 128 valence electrons. The van der Waals surface area contributed by atoms with Crippen LogP contribution in [0.1, 0.15) is 57.4 Å². The molecule has 0 unspecified atom stereocenters. The minimum atomic E-state index is -0.396. The molecule has 2 aromatic rings. The van der Waals surface area contributed by atoms with Gasteiger partial charge in [0.05, 0.1) is 0 Å². The summed E-state index contributed by atoms with van der Waals surface area (Å²) in [7, 11) is 0. The van der Waals surface area contributed by atoms with E-state index in [2.05, 4.69) is 25.6 Å². The lowest BCUT2D eigenvalue weighted by Crippen LogP contribution is -2.06. The highest BCUT2D eigenvalue weighted by atomic mass is 16.5. The van der Waals surface area contributed by atoms with Crippen LogP contribution in [0.2, 0.25) is 0 Å². The molecule has 0 saturated carbocycles. The summed E-state index contributed by atoms with van der Waals surface area (Å²) in [5.41, 5.74) is 1.11. The predicted octanol–water partition coefficient (Wildman–Crippen LogP) is 6.22. The number of hydrogen-bond acceptors (Lipinski definition) is 2. The number of aryl methyl sites for hydroxylation is 1. The molecule has 0 heterocycles. The van der Waals surface area contributed by atoms with Gasteiger partial charge in [0.2, 0.25) is 0 Å². The normalized spacial score (nSPS) is 10.7. The van der Waals surface area contributed by atoms with Gasteiger partial charge in [0.25, 0.3) is 0 Å². The number of unbranched alkanes of at least 4 members (excludes halogenated alkanes) is 6. The van der Waals surface area contributed by atoms with Crippen molar-refractivity contribution in [3.63, 3.8) is 0 Å². The Morgan fingerprint density at radius 1 is 1.00 bits per heavy atom. The van der Waals surface area contributed by atoms with Gasteiger partial charge in [0, 0.05) is 11.5 Å². The number of carbonyl (C=O) groups excluding carboxylic acids is 1. The Morgan fingerprint density at radius 2 is 1.71 bits per heavy atom. The first kappa shape index (κ1) is 18.3. The van der Waals surface area contributed by atoms with Crippen LogP contribution in [0, 0.1) is 0 Å². The monoisotopic (exact) mass is 324 g/mol. The molecule has 0 saturated heterocycles. The van der Waals surface area contributed by atoms with Crippen LogP contribution >= 0.6 is 0 Å². The van der Waals surface area contributed by atoms with Gasteiger partial charge in [-0.25, -0.2) is 4.79 Å². The standard InChI is InChI=1S/C22H28O2/c1-3-5-6-7-8-9-10-14-19-17-16-18-13-11-12-15-20(18)22(19)24-21(23)4-2/h4,11-13,15-17H,2-3,5-10,14H2,1H3. The van der Waals surface area contributed by atoms with Crippen molar-refractivity contribution >= 4 is 16.7 Å².